The number of amides is 1. The molecule has 0 radical (unpaired) electrons. The van der Waals surface area contributed by atoms with Crippen LogP contribution in [0.25, 0.3) is 4.85 Å². The first-order valence-corrected chi connectivity index (χ1v) is 5.23. The Balaban J connectivity index is 2.89. The summed E-state index contributed by atoms with van der Waals surface area (Å²) < 4.78 is 13.8. The van der Waals surface area contributed by atoms with Crippen molar-refractivity contribution in [3.63, 3.8) is 0 Å². The molecular formula is C11H17FN2O. The van der Waals surface area contributed by atoms with Crippen LogP contribution in [0, 0.1) is 6.57 Å². The van der Waals surface area contributed by atoms with Crippen molar-refractivity contribution in [3.8, 4) is 0 Å². The van der Waals surface area contributed by atoms with Crippen LogP contribution >= 0.6 is 0 Å². The Labute approximate surface area is 90.1 Å². The lowest BCUT2D eigenvalue weighted by Crippen LogP contribution is -2.42. The van der Waals surface area contributed by atoms with E-state index in [2.05, 4.69) is 4.85 Å². The van der Waals surface area contributed by atoms with Crippen LogP contribution in [0.2, 0.25) is 0 Å². The summed E-state index contributed by atoms with van der Waals surface area (Å²) in [6.07, 6.45) is 1.23. The number of halogens is 1. The van der Waals surface area contributed by atoms with Gasteiger partial charge < -0.3 is 0 Å². The van der Waals surface area contributed by atoms with Crippen molar-refractivity contribution < 1.29 is 9.18 Å². The highest BCUT2D eigenvalue weighted by Crippen LogP contribution is 2.39. The maximum absolute atomic E-state index is 13.8. The summed E-state index contributed by atoms with van der Waals surface area (Å²) in [7, 11) is 0. The summed E-state index contributed by atoms with van der Waals surface area (Å²) in [5.74, 6) is -0.114. The summed E-state index contributed by atoms with van der Waals surface area (Å²) in [5, 5.41) is 0. The molecule has 1 rings (SSSR count). The fourth-order valence-corrected chi connectivity index (χ4v) is 2.16. The second-order valence-corrected chi connectivity index (χ2v) is 4.65. The summed E-state index contributed by atoms with van der Waals surface area (Å²) in [5.41, 5.74) is -2.42. The van der Waals surface area contributed by atoms with Gasteiger partial charge in [0.15, 0.2) is 0 Å². The van der Waals surface area contributed by atoms with Crippen LogP contribution in [0.5, 0.6) is 0 Å². The van der Waals surface area contributed by atoms with Gasteiger partial charge in [-0.1, -0.05) is 6.92 Å². The van der Waals surface area contributed by atoms with Crippen molar-refractivity contribution in [2.45, 2.75) is 51.4 Å². The van der Waals surface area contributed by atoms with Crippen molar-refractivity contribution >= 4 is 5.91 Å². The van der Waals surface area contributed by atoms with E-state index >= 15 is 0 Å². The molecule has 2 atom stereocenters. The molecule has 84 valence electrons. The zero-order chi connectivity index (χ0) is 11.7. The van der Waals surface area contributed by atoms with E-state index in [9.17, 15) is 9.18 Å². The second-order valence-electron chi connectivity index (χ2n) is 4.65. The minimum atomic E-state index is -1.43. The van der Waals surface area contributed by atoms with Gasteiger partial charge >= 0.3 is 5.66 Å². The molecule has 0 spiro atoms. The van der Waals surface area contributed by atoms with Gasteiger partial charge in [-0.25, -0.2) is 11.0 Å². The number of nitrogens with zero attached hydrogens (tertiary/aromatic N) is 2. The number of likely N-dealkylation sites (tertiary alicyclic amines) is 1. The van der Waals surface area contributed by atoms with Crippen molar-refractivity contribution in [1.29, 1.82) is 0 Å². The Morgan fingerprint density at radius 2 is 2.20 bits per heavy atom. The Hall–Kier alpha value is -1.11. The third-order valence-electron chi connectivity index (χ3n) is 2.78. The highest BCUT2D eigenvalue weighted by Gasteiger charge is 2.55. The molecule has 0 N–H and O–H groups in total. The monoisotopic (exact) mass is 212 g/mol. The minimum absolute atomic E-state index is 0.0463. The first-order chi connectivity index (χ1) is 6.84. The molecule has 0 saturated carbocycles. The number of hydrogen-bond donors (Lipinski definition) is 0. The van der Waals surface area contributed by atoms with E-state index in [1.807, 2.05) is 6.92 Å². The van der Waals surface area contributed by atoms with Crippen LogP contribution in [0.4, 0.5) is 4.39 Å². The molecule has 4 heteroatoms. The quantitative estimate of drug-likeness (QED) is 0.645. The Morgan fingerprint density at radius 3 is 2.67 bits per heavy atom. The summed E-state index contributed by atoms with van der Waals surface area (Å²) in [6, 6.07) is 0. The smallest absolute Gasteiger partial charge is 0.287 e. The van der Waals surface area contributed by atoms with Gasteiger partial charge in [-0.05, 0) is 13.3 Å². The first kappa shape index (κ1) is 12.0. The highest BCUT2D eigenvalue weighted by molar-refractivity contribution is 5.77. The number of carbonyl (C=O) groups is 1. The maximum atomic E-state index is 13.8. The number of rotatable bonds is 2. The first-order valence-electron chi connectivity index (χ1n) is 5.23. The normalized spacial score (nSPS) is 35.3. The Bertz CT molecular complexity index is 308. The number of carbonyl (C=O) groups excluding carboxylic acids is 1. The molecule has 0 aliphatic carbocycles. The lowest BCUT2D eigenvalue weighted by atomic mass is 10.0. The lowest BCUT2D eigenvalue weighted by Gasteiger charge is -2.23. The standard InChI is InChI=1S/C11H17FN2O/c1-5-6-9(15)14-8-10(2,12)7-11(14,3)13-4/h5-8H2,1-3H3. The minimum Gasteiger partial charge on any atom is -0.287 e. The van der Waals surface area contributed by atoms with Gasteiger partial charge in [-0.3, -0.25) is 14.5 Å². The SMILES string of the molecule is [C-]#[N+]C1(C)CC(C)(F)CN1C(=O)CCC. The predicted molar refractivity (Wildman–Crippen MR) is 55.8 cm³/mol. The van der Waals surface area contributed by atoms with Gasteiger partial charge in [-0.2, -0.15) is 0 Å². The summed E-state index contributed by atoms with van der Waals surface area (Å²) >= 11 is 0. The predicted octanol–water partition coefficient (Wildman–Crippen LogP) is 2.38. The molecule has 0 aromatic carbocycles. The molecular weight excluding hydrogens is 195 g/mol. The van der Waals surface area contributed by atoms with Crippen LogP contribution in [0.15, 0.2) is 0 Å². The number of hydrogen-bond acceptors (Lipinski definition) is 1. The van der Waals surface area contributed by atoms with Crippen molar-refractivity contribution in [1.82, 2.24) is 4.90 Å². The third kappa shape index (κ3) is 2.28. The average Bonchev–Trinajstić information content (AvgIpc) is 2.38. The van der Waals surface area contributed by atoms with Gasteiger partial charge in [0.1, 0.15) is 5.67 Å². The molecule has 15 heavy (non-hydrogen) atoms. The number of alkyl halides is 1. The highest BCUT2D eigenvalue weighted by atomic mass is 19.1. The average molecular weight is 212 g/mol. The molecule has 1 aliphatic rings. The molecule has 1 fully saturated rings. The van der Waals surface area contributed by atoms with Crippen molar-refractivity contribution in [2.24, 2.45) is 0 Å². The molecule has 1 saturated heterocycles. The Kier molecular flexibility index (Phi) is 3.03. The van der Waals surface area contributed by atoms with Gasteiger partial charge in [0.2, 0.25) is 5.91 Å². The molecule has 0 aromatic heterocycles. The zero-order valence-corrected chi connectivity index (χ0v) is 9.51. The largest absolute Gasteiger partial charge is 0.310 e. The molecule has 3 nitrogen and oxygen atoms in total. The fourth-order valence-electron chi connectivity index (χ4n) is 2.16. The van der Waals surface area contributed by atoms with Gasteiger partial charge in [0.05, 0.1) is 13.0 Å². The van der Waals surface area contributed by atoms with E-state index in [4.69, 9.17) is 6.57 Å². The molecule has 1 amide bonds. The molecule has 1 aliphatic heterocycles. The van der Waals surface area contributed by atoms with Crippen molar-refractivity contribution in [2.75, 3.05) is 6.54 Å². The van der Waals surface area contributed by atoms with Crippen LogP contribution in [-0.2, 0) is 4.79 Å². The fraction of sp³-hybridized carbons (Fsp3) is 0.818. The maximum Gasteiger partial charge on any atom is 0.310 e. The van der Waals surface area contributed by atoms with E-state index in [-0.39, 0.29) is 18.9 Å². The van der Waals surface area contributed by atoms with Crippen LogP contribution in [0.3, 0.4) is 0 Å². The molecule has 2 unspecified atom stereocenters. The van der Waals surface area contributed by atoms with Crippen LogP contribution in [-0.4, -0.2) is 28.7 Å². The van der Waals surface area contributed by atoms with Gasteiger partial charge in [0.25, 0.3) is 0 Å². The Morgan fingerprint density at radius 1 is 1.60 bits per heavy atom. The second kappa shape index (κ2) is 3.80. The topological polar surface area (TPSA) is 24.7 Å². The molecule has 1 heterocycles. The summed E-state index contributed by atoms with van der Waals surface area (Å²) in [6.45, 7) is 12.1. The lowest BCUT2D eigenvalue weighted by molar-refractivity contribution is -0.133. The summed E-state index contributed by atoms with van der Waals surface area (Å²) in [4.78, 5) is 16.5. The molecule has 0 bridgehead atoms. The van der Waals surface area contributed by atoms with Crippen LogP contribution < -0.4 is 0 Å². The van der Waals surface area contributed by atoms with E-state index < -0.39 is 11.3 Å². The van der Waals surface area contributed by atoms with Crippen molar-refractivity contribution in [3.05, 3.63) is 11.4 Å². The molecule has 0 aromatic rings. The third-order valence-corrected chi connectivity index (χ3v) is 2.78. The van der Waals surface area contributed by atoms with E-state index in [1.165, 1.54) is 11.8 Å². The van der Waals surface area contributed by atoms with Gasteiger partial charge in [-0.15, -0.1) is 0 Å². The zero-order valence-electron chi connectivity index (χ0n) is 9.51. The van der Waals surface area contributed by atoms with E-state index in [0.717, 1.165) is 6.42 Å². The van der Waals surface area contributed by atoms with Gasteiger partial charge in [0, 0.05) is 13.3 Å². The van der Waals surface area contributed by atoms with Crippen LogP contribution in [0.1, 0.15) is 40.0 Å². The van der Waals surface area contributed by atoms with E-state index in [0.29, 0.717) is 6.42 Å². The van der Waals surface area contributed by atoms with E-state index in [1.54, 1.807) is 6.92 Å².